The average Bonchev–Trinajstić information content (AvgIpc) is 2.83. The summed E-state index contributed by atoms with van der Waals surface area (Å²) in [5, 5.41) is 2.10. The zero-order chi connectivity index (χ0) is 14.4. The molecule has 0 bridgehead atoms. The minimum atomic E-state index is 0.415. The molecule has 0 amide bonds. The molecule has 2 aromatic rings. The topological polar surface area (TPSA) is 29.3 Å². The van der Waals surface area contributed by atoms with E-state index in [1.807, 2.05) is 0 Å². The smallest absolute Gasteiger partial charge is 0.0555 e. The van der Waals surface area contributed by atoms with Gasteiger partial charge in [-0.3, -0.25) is 4.90 Å². The lowest BCUT2D eigenvalue weighted by atomic mass is 10.1. The van der Waals surface area contributed by atoms with Crippen LogP contribution >= 0.6 is 11.3 Å². The van der Waals surface area contributed by atoms with Crippen LogP contribution in [0.5, 0.6) is 0 Å². The van der Waals surface area contributed by atoms with E-state index in [1.54, 1.807) is 11.3 Å². The number of benzene rings is 1. The molecular formula is C17H20N2S. The van der Waals surface area contributed by atoms with Crippen molar-refractivity contribution < 1.29 is 0 Å². The van der Waals surface area contributed by atoms with Gasteiger partial charge in [0.2, 0.25) is 0 Å². The third-order valence-electron chi connectivity index (χ3n) is 2.95. The van der Waals surface area contributed by atoms with E-state index in [0.29, 0.717) is 6.54 Å². The minimum Gasteiger partial charge on any atom is -0.320 e. The van der Waals surface area contributed by atoms with E-state index >= 15 is 0 Å². The van der Waals surface area contributed by atoms with E-state index in [4.69, 9.17) is 5.73 Å². The molecule has 0 saturated heterocycles. The summed E-state index contributed by atoms with van der Waals surface area (Å²) in [5.41, 5.74) is 9.12. The molecule has 0 aliphatic rings. The van der Waals surface area contributed by atoms with Gasteiger partial charge in [-0.05, 0) is 25.6 Å². The van der Waals surface area contributed by atoms with Crippen molar-refractivity contribution in [2.45, 2.75) is 20.0 Å². The zero-order valence-corrected chi connectivity index (χ0v) is 12.8. The number of thiophene rings is 1. The average molecular weight is 284 g/mol. The first-order chi connectivity index (χ1) is 9.67. The Bertz CT molecular complexity index is 619. The quantitative estimate of drug-likeness (QED) is 0.875. The van der Waals surface area contributed by atoms with E-state index in [2.05, 4.69) is 66.4 Å². The second kappa shape index (κ2) is 7.25. The fraction of sp³-hybridized carbons (Fsp3) is 0.294. The summed E-state index contributed by atoms with van der Waals surface area (Å²) in [7, 11) is 2.15. The summed E-state index contributed by atoms with van der Waals surface area (Å²) in [6.07, 6.45) is 0. The highest BCUT2D eigenvalue weighted by Crippen LogP contribution is 2.17. The largest absolute Gasteiger partial charge is 0.320 e. The first kappa shape index (κ1) is 14.8. The lowest BCUT2D eigenvalue weighted by Crippen LogP contribution is -2.16. The minimum absolute atomic E-state index is 0.415. The fourth-order valence-electron chi connectivity index (χ4n) is 2.13. The Balaban J connectivity index is 1.94. The van der Waals surface area contributed by atoms with Crippen LogP contribution in [0, 0.1) is 18.8 Å². The number of hydrogen-bond acceptors (Lipinski definition) is 3. The highest BCUT2D eigenvalue weighted by atomic mass is 32.1. The summed E-state index contributed by atoms with van der Waals surface area (Å²) in [4.78, 5) is 3.65. The van der Waals surface area contributed by atoms with Crippen molar-refractivity contribution in [3.8, 4) is 11.8 Å². The fourth-order valence-corrected chi connectivity index (χ4v) is 3.02. The predicted octanol–water partition coefficient (Wildman–Crippen LogP) is 3.00. The molecule has 1 aromatic heterocycles. The Kier molecular flexibility index (Phi) is 5.37. The van der Waals surface area contributed by atoms with Crippen molar-refractivity contribution in [2.24, 2.45) is 5.73 Å². The van der Waals surface area contributed by atoms with Crippen LogP contribution in [0.4, 0.5) is 0 Å². The second-order valence-corrected chi connectivity index (χ2v) is 5.96. The SMILES string of the molecule is Cc1cccc(CN(C)Cc2cc(C#CCN)cs2)c1. The van der Waals surface area contributed by atoms with Gasteiger partial charge in [0.15, 0.2) is 0 Å². The highest BCUT2D eigenvalue weighted by molar-refractivity contribution is 7.10. The zero-order valence-electron chi connectivity index (χ0n) is 12.0. The van der Waals surface area contributed by atoms with Crippen molar-refractivity contribution in [1.29, 1.82) is 0 Å². The van der Waals surface area contributed by atoms with Crippen molar-refractivity contribution >= 4 is 11.3 Å². The van der Waals surface area contributed by atoms with Crippen LogP contribution < -0.4 is 5.73 Å². The standard InChI is InChI=1S/C17H20N2S/c1-14-5-3-6-15(9-14)11-19(2)12-17-10-16(13-20-17)7-4-8-18/h3,5-6,9-10,13H,8,11-12,18H2,1-2H3. The predicted molar refractivity (Wildman–Crippen MR) is 86.6 cm³/mol. The summed E-state index contributed by atoms with van der Waals surface area (Å²) in [6.45, 7) is 4.45. The third kappa shape index (κ3) is 4.50. The van der Waals surface area contributed by atoms with Crippen molar-refractivity contribution in [2.75, 3.05) is 13.6 Å². The van der Waals surface area contributed by atoms with E-state index in [-0.39, 0.29) is 0 Å². The molecule has 2 nitrogen and oxygen atoms in total. The van der Waals surface area contributed by atoms with Crippen LogP contribution in [0.1, 0.15) is 21.6 Å². The first-order valence-corrected chi connectivity index (χ1v) is 7.56. The Morgan fingerprint density at radius 3 is 2.85 bits per heavy atom. The van der Waals surface area contributed by atoms with Crippen LogP contribution in [0.15, 0.2) is 35.7 Å². The number of rotatable bonds is 4. The molecule has 0 aliphatic carbocycles. The van der Waals surface area contributed by atoms with E-state index in [1.165, 1.54) is 16.0 Å². The van der Waals surface area contributed by atoms with Crippen molar-refractivity contribution in [3.05, 3.63) is 57.3 Å². The maximum atomic E-state index is 5.38. The molecule has 0 fully saturated rings. The van der Waals surface area contributed by atoms with Gasteiger partial charge < -0.3 is 5.73 Å². The first-order valence-electron chi connectivity index (χ1n) is 6.68. The second-order valence-electron chi connectivity index (χ2n) is 4.97. The molecule has 20 heavy (non-hydrogen) atoms. The monoisotopic (exact) mass is 284 g/mol. The summed E-state index contributed by atoms with van der Waals surface area (Å²) in [6, 6.07) is 10.8. The molecule has 0 atom stereocenters. The maximum Gasteiger partial charge on any atom is 0.0555 e. The van der Waals surface area contributed by atoms with E-state index in [0.717, 1.165) is 18.7 Å². The van der Waals surface area contributed by atoms with Crippen LogP contribution in [0.25, 0.3) is 0 Å². The molecule has 2 rings (SSSR count). The van der Waals surface area contributed by atoms with Crippen LogP contribution in [0.2, 0.25) is 0 Å². The third-order valence-corrected chi connectivity index (χ3v) is 3.87. The normalized spacial score (nSPS) is 10.4. The highest BCUT2D eigenvalue weighted by Gasteiger charge is 2.04. The lowest BCUT2D eigenvalue weighted by molar-refractivity contribution is 0.322. The molecule has 0 saturated carbocycles. The number of nitrogens with two attached hydrogens (primary N) is 1. The summed E-state index contributed by atoms with van der Waals surface area (Å²) in [5.74, 6) is 5.96. The van der Waals surface area contributed by atoms with Gasteiger partial charge in [0, 0.05) is 28.9 Å². The maximum absolute atomic E-state index is 5.38. The van der Waals surface area contributed by atoms with Gasteiger partial charge >= 0.3 is 0 Å². The molecule has 3 heteroatoms. The number of nitrogens with zero attached hydrogens (tertiary/aromatic N) is 1. The van der Waals surface area contributed by atoms with E-state index < -0.39 is 0 Å². The number of hydrogen-bond donors (Lipinski definition) is 1. The van der Waals surface area contributed by atoms with Gasteiger partial charge in [-0.15, -0.1) is 11.3 Å². The van der Waals surface area contributed by atoms with Gasteiger partial charge in [0.25, 0.3) is 0 Å². The Labute approximate surface area is 125 Å². The molecule has 2 N–H and O–H groups in total. The van der Waals surface area contributed by atoms with Gasteiger partial charge in [0.1, 0.15) is 0 Å². The molecule has 0 unspecified atom stereocenters. The van der Waals surface area contributed by atoms with E-state index in [9.17, 15) is 0 Å². The summed E-state index contributed by atoms with van der Waals surface area (Å²) >= 11 is 1.76. The van der Waals surface area contributed by atoms with Gasteiger partial charge in [-0.1, -0.05) is 41.7 Å². The van der Waals surface area contributed by atoms with Crippen molar-refractivity contribution in [1.82, 2.24) is 4.90 Å². The van der Waals surface area contributed by atoms with Crippen LogP contribution in [-0.4, -0.2) is 18.5 Å². The molecule has 0 radical (unpaired) electrons. The molecule has 0 aliphatic heterocycles. The Hall–Kier alpha value is -1.60. The van der Waals surface area contributed by atoms with Gasteiger partial charge in [-0.25, -0.2) is 0 Å². The molecule has 0 spiro atoms. The molecule has 1 aromatic carbocycles. The van der Waals surface area contributed by atoms with Crippen molar-refractivity contribution in [3.63, 3.8) is 0 Å². The Morgan fingerprint density at radius 2 is 2.10 bits per heavy atom. The lowest BCUT2D eigenvalue weighted by Gasteiger charge is -2.15. The Morgan fingerprint density at radius 1 is 1.25 bits per heavy atom. The van der Waals surface area contributed by atoms with Gasteiger partial charge in [-0.2, -0.15) is 0 Å². The van der Waals surface area contributed by atoms with Gasteiger partial charge in [0.05, 0.1) is 6.54 Å². The van der Waals surface area contributed by atoms with Crippen LogP contribution in [-0.2, 0) is 13.1 Å². The number of aryl methyl sites for hydroxylation is 1. The van der Waals surface area contributed by atoms with Crippen LogP contribution in [0.3, 0.4) is 0 Å². The molecular weight excluding hydrogens is 264 g/mol. The molecule has 104 valence electrons. The summed E-state index contributed by atoms with van der Waals surface area (Å²) < 4.78 is 0. The molecule has 1 heterocycles.